The molecule has 0 fully saturated rings. The highest BCUT2D eigenvalue weighted by Crippen LogP contribution is 2.15. The van der Waals surface area contributed by atoms with Crippen LogP contribution in [0.15, 0.2) is 144 Å². The summed E-state index contributed by atoms with van der Waals surface area (Å²) in [5.41, 5.74) is 5.37. The Kier molecular flexibility index (Phi) is 7.43. The molecule has 0 saturated carbocycles. The Bertz CT molecular complexity index is 1170. The third kappa shape index (κ3) is 6.41. The van der Waals surface area contributed by atoms with E-state index in [1.807, 2.05) is 66.7 Å². The van der Waals surface area contributed by atoms with Crippen molar-refractivity contribution in [1.29, 1.82) is 0 Å². The lowest BCUT2D eigenvalue weighted by molar-refractivity contribution is 0.948. The molecule has 1 N–H and O–H groups in total. The molecule has 0 aliphatic heterocycles. The Hall–Kier alpha value is -4.17. The lowest BCUT2D eigenvalue weighted by Gasteiger charge is -2.15. The molecule has 0 radical (unpaired) electrons. The molecule has 3 aromatic carbocycles. The molecular formula is C30H26N2. The molecule has 0 spiro atoms. The average molecular weight is 415 g/mol. The van der Waals surface area contributed by atoms with Crippen LogP contribution in [0.2, 0.25) is 0 Å². The van der Waals surface area contributed by atoms with Gasteiger partial charge in [-0.2, -0.15) is 0 Å². The zero-order valence-corrected chi connectivity index (χ0v) is 17.9. The van der Waals surface area contributed by atoms with Gasteiger partial charge in [0.2, 0.25) is 0 Å². The number of anilines is 1. The summed E-state index contributed by atoms with van der Waals surface area (Å²) >= 11 is 0. The highest BCUT2D eigenvalue weighted by Gasteiger charge is 2.08. The molecule has 0 amide bonds. The first-order valence-corrected chi connectivity index (χ1v) is 10.8. The van der Waals surface area contributed by atoms with Gasteiger partial charge in [-0.1, -0.05) is 121 Å². The van der Waals surface area contributed by atoms with E-state index < -0.39 is 0 Å². The molecule has 4 rings (SSSR count). The second-order valence-electron chi connectivity index (χ2n) is 7.35. The standard InChI is InChI=1S/C30H26N2/c1-4-13-25(14-5-1)17-12-19-27-18-10-11-22-29(27)32-30(31-28-20-8-3-9-21-28)24-23-26-15-6-2-7-16-26/h1-24,30-31H/b17-12+,24-23+,27-19+,32-29-/t30-/m1/s1. The minimum atomic E-state index is -0.203. The average Bonchev–Trinajstić information content (AvgIpc) is 2.85. The van der Waals surface area contributed by atoms with E-state index in [-0.39, 0.29) is 6.17 Å². The number of nitrogens with zero attached hydrogens (tertiary/aromatic N) is 1. The Morgan fingerprint density at radius 1 is 0.656 bits per heavy atom. The summed E-state index contributed by atoms with van der Waals surface area (Å²) in [4.78, 5) is 5.03. The van der Waals surface area contributed by atoms with Crippen LogP contribution < -0.4 is 5.32 Å². The van der Waals surface area contributed by atoms with E-state index in [1.165, 1.54) is 5.56 Å². The summed E-state index contributed by atoms with van der Waals surface area (Å²) in [5, 5.41) is 3.52. The molecule has 0 saturated heterocycles. The van der Waals surface area contributed by atoms with E-state index in [0.717, 1.165) is 22.5 Å². The molecular weight excluding hydrogens is 388 g/mol. The topological polar surface area (TPSA) is 24.4 Å². The van der Waals surface area contributed by atoms with Crippen molar-refractivity contribution in [3.05, 3.63) is 150 Å². The number of aliphatic imine (C=N–C) groups is 1. The minimum absolute atomic E-state index is 0.203. The van der Waals surface area contributed by atoms with Crippen LogP contribution in [0.5, 0.6) is 0 Å². The number of benzene rings is 3. The molecule has 0 unspecified atom stereocenters. The van der Waals surface area contributed by atoms with Crippen molar-refractivity contribution in [2.75, 3.05) is 5.32 Å². The van der Waals surface area contributed by atoms with Crippen LogP contribution in [-0.2, 0) is 0 Å². The molecule has 3 aromatic rings. The number of hydrogen-bond donors (Lipinski definition) is 1. The van der Waals surface area contributed by atoms with Gasteiger partial charge in [-0.3, -0.25) is 4.99 Å². The quantitative estimate of drug-likeness (QED) is 0.429. The maximum atomic E-state index is 5.03. The van der Waals surface area contributed by atoms with E-state index in [0.29, 0.717) is 0 Å². The van der Waals surface area contributed by atoms with Gasteiger partial charge in [-0.25, -0.2) is 0 Å². The Labute approximate surface area is 190 Å². The second kappa shape index (κ2) is 11.3. The first-order chi connectivity index (χ1) is 15.9. The van der Waals surface area contributed by atoms with Crippen molar-refractivity contribution < 1.29 is 0 Å². The Morgan fingerprint density at radius 2 is 1.25 bits per heavy atom. The fraction of sp³-hybridized carbons (Fsp3) is 0.0333. The van der Waals surface area contributed by atoms with E-state index in [9.17, 15) is 0 Å². The minimum Gasteiger partial charge on any atom is -0.361 e. The molecule has 2 nitrogen and oxygen atoms in total. The maximum Gasteiger partial charge on any atom is 0.138 e. The zero-order valence-electron chi connectivity index (χ0n) is 17.9. The summed E-state index contributed by atoms with van der Waals surface area (Å²) < 4.78 is 0. The van der Waals surface area contributed by atoms with E-state index in [1.54, 1.807) is 0 Å². The monoisotopic (exact) mass is 414 g/mol. The first kappa shape index (κ1) is 21.1. The second-order valence-corrected chi connectivity index (χ2v) is 7.35. The molecule has 1 atom stereocenters. The van der Waals surface area contributed by atoms with Gasteiger partial charge in [0, 0.05) is 5.69 Å². The highest BCUT2D eigenvalue weighted by atomic mass is 15.1. The van der Waals surface area contributed by atoms with Crippen molar-refractivity contribution in [2.45, 2.75) is 6.17 Å². The summed E-state index contributed by atoms with van der Waals surface area (Å²) in [5.74, 6) is 0. The van der Waals surface area contributed by atoms with Crippen molar-refractivity contribution >= 4 is 23.6 Å². The van der Waals surface area contributed by atoms with Gasteiger partial charge in [0.05, 0.1) is 5.71 Å². The largest absolute Gasteiger partial charge is 0.361 e. The molecule has 156 valence electrons. The van der Waals surface area contributed by atoms with Crippen molar-refractivity contribution in [3.63, 3.8) is 0 Å². The van der Waals surface area contributed by atoms with Gasteiger partial charge in [0.15, 0.2) is 0 Å². The number of allylic oxidation sites excluding steroid dienone is 7. The molecule has 1 aliphatic rings. The number of para-hydroxylation sites is 1. The van der Waals surface area contributed by atoms with Crippen LogP contribution in [0.1, 0.15) is 11.1 Å². The van der Waals surface area contributed by atoms with E-state index in [2.05, 4.69) is 84.2 Å². The molecule has 0 aromatic heterocycles. The van der Waals surface area contributed by atoms with Crippen LogP contribution in [0.25, 0.3) is 12.2 Å². The van der Waals surface area contributed by atoms with Crippen LogP contribution >= 0.6 is 0 Å². The maximum absolute atomic E-state index is 5.03. The fourth-order valence-electron chi connectivity index (χ4n) is 3.32. The third-order valence-corrected chi connectivity index (χ3v) is 4.94. The SMILES string of the molecule is C1=CC(=N/[C@H](/C=C/c2ccccc2)Nc2ccccc2)/C(=C/C=C/c2ccccc2)C=C1. The number of hydrogen-bond acceptors (Lipinski definition) is 2. The smallest absolute Gasteiger partial charge is 0.138 e. The lowest BCUT2D eigenvalue weighted by Crippen LogP contribution is -2.17. The normalized spacial score (nSPS) is 16.9. The van der Waals surface area contributed by atoms with Crippen LogP contribution in [0.4, 0.5) is 5.69 Å². The van der Waals surface area contributed by atoms with E-state index in [4.69, 9.17) is 4.99 Å². The molecule has 0 bridgehead atoms. The van der Waals surface area contributed by atoms with Gasteiger partial charge >= 0.3 is 0 Å². The zero-order chi connectivity index (χ0) is 21.8. The Morgan fingerprint density at radius 3 is 1.94 bits per heavy atom. The fourth-order valence-corrected chi connectivity index (χ4v) is 3.32. The summed E-state index contributed by atoms with van der Waals surface area (Å²) in [7, 11) is 0. The molecule has 32 heavy (non-hydrogen) atoms. The van der Waals surface area contributed by atoms with Crippen LogP contribution in [0, 0.1) is 0 Å². The van der Waals surface area contributed by atoms with Crippen molar-refractivity contribution in [1.82, 2.24) is 0 Å². The Balaban J connectivity index is 1.59. The first-order valence-electron chi connectivity index (χ1n) is 10.8. The van der Waals surface area contributed by atoms with Gasteiger partial charge in [0.25, 0.3) is 0 Å². The third-order valence-electron chi connectivity index (χ3n) is 4.94. The summed E-state index contributed by atoms with van der Waals surface area (Å²) in [6.07, 6.45) is 18.5. The predicted molar refractivity (Wildman–Crippen MR) is 139 cm³/mol. The number of nitrogens with one attached hydrogen (secondary N) is 1. The molecule has 1 aliphatic carbocycles. The molecule has 0 heterocycles. The van der Waals surface area contributed by atoms with Gasteiger partial charge in [-0.15, -0.1) is 0 Å². The van der Waals surface area contributed by atoms with E-state index >= 15 is 0 Å². The van der Waals surface area contributed by atoms with Gasteiger partial charge < -0.3 is 5.32 Å². The van der Waals surface area contributed by atoms with Gasteiger partial charge in [-0.05, 0) is 41.0 Å². The van der Waals surface area contributed by atoms with Gasteiger partial charge in [0.1, 0.15) is 6.17 Å². The summed E-state index contributed by atoms with van der Waals surface area (Å²) in [6, 6.07) is 30.8. The molecule has 2 heteroatoms. The highest BCUT2D eigenvalue weighted by molar-refractivity contribution is 6.12. The van der Waals surface area contributed by atoms with Crippen molar-refractivity contribution in [3.8, 4) is 0 Å². The summed E-state index contributed by atoms with van der Waals surface area (Å²) in [6.45, 7) is 0. The van der Waals surface area contributed by atoms with Crippen LogP contribution in [0.3, 0.4) is 0 Å². The predicted octanol–water partition coefficient (Wildman–Crippen LogP) is 7.34. The van der Waals surface area contributed by atoms with Crippen molar-refractivity contribution in [2.24, 2.45) is 4.99 Å². The van der Waals surface area contributed by atoms with Crippen LogP contribution in [-0.4, -0.2) is 11.9 Å². The lowest BCUT2D eigenvalue weighted by atomic mass is 10.0. The number of rotatable bonds is 7.